The van der Waals surface area contributed by atoms with Gasteiger partial charge < -0.3 is 4.42 Å². The molecule has 0 saturated heterocycles. The molecule has 3 nitrogen and oxygen atoms in total. The van der Waals surface area contributed by atoms with Gasteiger partial charge in [-0.1, -0.05) is 102 Å². The van der Waals surface area contributed by atoms with Crippen molar-refractivity contribution in [1.29, 1.82) is 5.26 Å². The van der Waals surface area contributed by atoms with Crippen molar-refractivity contribution in [1.82, 2.24) is 4.98 Å². The van der Waals surface area contributed by atoms with Gasteiger partial charge in [-0.15, -0.1) is 0 Å². The number of nitrogens with zero attached hydrogens (tertiary/aromatic N) is 2. The molecule has 0 aliphatic heterocycles. The number of hydrogen-bond donors (Lipinski definition) is 0. The average Bonchev–Trinajstić information content (AvgIpc) is 3.34. The van der Waals surface area contributed by atoms with Crippen molar-refractivity contribution < 1.29 is 8.81 Å². The van der Waals surface area contributed by atoms with E-state index in [1.165, 1.54) is 11.6 Å². The molecule has 4 aromatic carbocycles. The van der Waals surface area contributed by atoms with E-state index in [1.54, 1.807) is 6.20 Å². The van der Waals surface area contributed by atoms with Crippen molar-refractivity contribution in [2.24, 2.45) is 0 Å². The van der Waals surface area contributed by atoms with Crippen LogP contribution in [0.15, 0.2) is 95.5 Å². The molecule has 0 fully saturated rings. The van der Waals surface area contributed by atoms with Crippen LogP contribution in [-0.4, -0.2) is 4.98 Å². The highest BCUT2D eigenvalue weighted by atomic mass is 19.1. The first kappa shape index (κ1) is 27.4. The minimum absolute atomic E-state index is 0.0985. The van der Waals surface area contributed by atoms with Crippen LogP contribution in [0.4, 0.5) is 4.39 Å². The quantitative estimate of drug-likeness (QED) is 0.219. The van der Waals surface area contributed by atoms with Gasteiger partial charge in [0.25, 0.3) is 0 Å². The summed E-state index contributed by atoms with van der Waals surface area (Å²) < 4.78 is 21.7. The third-order valence-electron chi connectivity index (χ3n) is 7.98. The third-order valence-corrected chi connectivity index (χ3v) is 7.98. The molecule has 0 amide bonds. The first-order valence-electron chi connectivity index (χ1n) is 14.2. The Morgan fingerprint density at radius 1 is 0.714 bits per heavy atom. The van der Waals surface area contributed by atoms with Gasteiger partial charge in [-0.05, 0) is 51.3 Å². The standard InChI is InChI=1S/C38H33FN2O/c1-37(2,3)27-17-14-24(15-18-27)23-10-12-25(13-11-23)34-26(21-40)16-19-29-28-8-7-9-30(35(28)42-36(29)34)33-20-32(39)31(22-41-33)38(4,5)6/h7-20,22H,1-6H3. The highest BCUT2D eigenvalue weighted by Gasteiger charge is 2.22. The molecule has 0 aliphatic rings. The number of rotatable bonds is 3. The lowest BCUT2D eigenvalue weighted by molar-refractivity contribution is 0.520. The van der Waals surface area contributed by atoms with Crippen molar-refractivity contribution in [3.8, 4) is 39.6 Å². The van der Waals surface area contributed by atoms with E-state index in [1.807, 2.05) is 63.2 Å². The molecule has 0 unspecified atom stereocenters. The summed E-state index contributed by atoms with van der Waals surface area (Å²) in [7, 11) is 0. The first-order chi connectivity index (χ1) is 20.0. The van der Waals surface area contributed by atoms with E-state index >= 15 is 4.39 Å². The molecular weight excluding hydrogens is 519 g/mol. The summed E-state index contributed by atoms with van der Waals surface area (Å²) in [5.74, 6) is -0.291. The van der Waals surface area contributed by atoms with Crippen LogP contribution in [0.1, 0.15) is 58.2 Å². The normalized spacial score (nSPS) is 12.1. The molecule has 42 heavy (non-hydrogen) atoms. The highest BCUT2D eigenvalue weighted by Crippen LogP contribution is 2.41. The second-order valence-corrected chi connectivity index (χ2v) is 13.0. The molecular formula is C38H33FN2O. The fourth-order valence-electron chi connectivity index (χ4n) is 5.57. The number of para-hydroxylation sites is 1. The van der Waals surface area contributed by atoms with Crippen LogP contribution in [0.2, 0.25) is 0 Å². The van der Waals surface area contributed by atoms with E-state index in [-0.39, 0.29) is 16.6 Å². The summed E-state index contributed by atoms with van der Waals surface area (Å²) in [6, 6.07) is 30.3. The number of halogens is 1. The van der Waals surface area contributed by atoms with Crippen LogP contribution in [0.3, 0.4) is 0 Å². The molecule has 6 rings (SSSR count). The van der Waals surface area contributed by atoms with Crippen LogP contribution in [-0.2, 0) is 10.8 Å². The van der Waals surface area contributed by atoms with Gasteiger partial charge in [-0.3, -0.25) is 4.98 Å². The number of furan rings is 1. The Labute approximate surface area is 246 Å². The minimum atomic E-state index is -0.352. The Hall–Kier alpha value is -4.75. The molecule has 4 heteroatoms. The fraction of sp³-hybridized carbons (Fsp3) is 0.211. The molecule has 0 spiro atoms. The van der Waals surface area contributed by atoms with Crippen LogP contribution in [0.5, 0.6) is 0 Å². The SMILES string of the molecule is CC(C)(C)c1ccc(-c2ccc(-c3c(C#N)ccc4c3oc3c(-c5cc(F)c(C(C)(C)C)cn5)cccc34)cc2)cc1. The smallest absolute Gasteiger partial charge is 0.144 e. The summed E-state index contributed by atoms with van der Waals surface area (Å²) in [5, 5.41) is 11.8. The average molecular weight is 553 g/mol. The van der Waals surface area contributed by atoms with Gasteiger partial charge in [-0.2, -0.15) is 5.26 Å². The van der Waals surface area contributed by atoms with E-state index in [0.717, 1.165) is 33.0 Å². The lowest BCUT2D eigenvalue weighted by atomic mass is 9.86. The maximum absolute atomic E-state index is 15.1. The lowest BCUT2D eigenvalue weighted by Crippen LogP contribution is -2.14. The number of benzene rings is 4. The Bertz CT molecular complexity index is 2000. The first-order valence-corrected chi connectivity index (χ1v) is 14.2. The van der Waals surface area contributed by atoms with Gasteiger partial charge in [0, 0.05) is 39.7 Å². The molecule has 0 radical (unpaired) electrons. The lowest BCUT2D eigenvalue weighted by Gasteiger charge is -2.19. The molecule has 208 valence electrons. The summed E-state index contributed by atoms with van der Waals surface area (Å²) in [6.07, 6.45) is 1.61. The summed E-state index contributed by atoms with van der Waals surface area (Å²) in [5.41, 5.74) is 8.48. The molecule has 2 aromatic heterocycles. The van der Waals surface area contributed by atoms with Crippen molar-refractivity contribution in [2.75, 3.05) is 0 Å². The van der Waals surface area contributed by atoms with Gasteiger partial charge in [-0.25, -0.2) is 4.39 Å². The molecule has 0 saturated carbocycles. The highest BCUT2D eigenvalue weighted by molar-refractivity contribution is 6.13. The minimum Gasteiger partial charge on any atom is -0.455 e. The summed E-state index contributed by atoms with van der Waals surface area (Å²) in [4.78, 5) is 4.62. The molecule has 2 heterocycles. The van der Waals surface area contributed by atoms with E-state index in [9.17, 15) is 5.26 Å². The number of fused-ring (bicyclic) bond motifs is 3. The summed E-state index contributed by atoms with van der Waals surface area (Å²) in [6.45, 7) is 12.5. The molecule has 0 atom stereocenters. The summed E-state index contributed by atoms with van der Waals surface area (Å²) >= 11 is 0. The Morgan fingerprint density at radius 2 is 1.33 bits per heavy atom. The van der Waals surface area contributed by atoms with Gasteiger partial charge in [0.15, 0.2) is 0 Å². The number of nitriles is 1. The Morgan fingerprint density at radius 3 is 1.93 bits per heavy atom. The van der Waals surface area contributed by atoms with Gasteiger partial charge in [0.2, 0.25) is 0 Å². The van der Waals surface area contributed by atoms with E-state index in [4.69, 9.17) is 4.42 Å². The van der Waals surface area contributed by atoms with Crippen molar-refractivity contribution in [2.45, 2.75) is 52.4 Å². The fourth-order valence-corrected chi connectivity index (χ4v) is 5.57. The predicted molar refractivity (Wildman–Crippen MR) is 170 cm³/mol. The zero-order chi connectivity index (χ0) is 29.8. The zero-order valence-corrected chi connectivity index (χ0v) is 24.8. The van der Waals surface area contributed by atoms with E-state index in [2.05, 4.69) is 68.2 Å². The predicted octanol–water partition coefficient (Wildman–Crippen LogP) is 10.6. The van der Waals surface area contributed by atoms with Gasteiger partial charge in [0.05, 0.1) is 17.3 Å². The number of hydrogen-bond acceptors (Lipinski definition) is 3. The maximum Gasteiger partial charge on any atom is 0.144 e. The van der Waals surface area contributed by atoms with Crippen LogP contribution >= 0.6 is 0 Å². The molecule has 0 bridgehead atoms. The zero-order valence-electron chi connectivity index (χ0n) is 24.8. The van der Waals surface area contributed by atoms with Gasteiger partial charge in [0.1, 0.15) is 17.0 Å². The van der Waals surface area contributed by atoms with Crippen LogP contribution < -0.4 is 0 Å². The van der Waals surface area contributed by atoms with Gasteiger partial charge >= 0.3 is 0 Å². The molecule has 0 aliphatic carbocycles. The number of aromatic nitrogens is 1. The third kappa shape index (κ3) is 4.76. The molecule has 6 aromatic rings. The topological polar surface area (TPSA) is 49.8 Å². The van der Waals surface area contributed by atoms with Crippen molar-refractivity contribution >= 4 is 21.9 Å². The maximum atomic E-state index is 15.1. The Kier molecular flexibility index (Phi) is 6.50. The van der Waals surface area contributed by atoms with Crippen LogP contribution in [0, 0.1) is 17.1 Å². The second kappa shape index (κ2) is 9.96. The van der Waals surface area contributed by atoms with E-state index in [0.29, 0.717) is 33.6 Å². The largest absolute Gasteiger partial charge is 0.455 e. The van der Waals surface area contributed by atoms with Crippen molar-refractivity contribution in [3.63, 3.8) is 0 Å². The van der Waals surface area contributed by atoms with E-state index < -0.39 is 0 Å². The van der Waals surface area contributed by atoms with Crippen molar-refractivity contribution in [3.05, 3.63) is 114 Å². The second-order valence-electron chi connectivity index (χ2n) is 13.0. The monoisotopic (exact) mass is 552 g/mol. The molecule has 0 N–H and O–H groups in total. The van der Waals surface area contributed by atoms with Crippen LogP contribution in [0.25, 0.3) is 55.4 Å². The number of pyridine rings is 1. The Balaban J connectivity index is 1.47.